The molecule has 4 heteroatoms. The quantitative estimate of drug-likeness (QED) is 0.853. The maximum Gasteiger partial charge on any atom is 0.145 e. The minimum absolute atomic E-state index is 0.117. The lowest BCUT2D eigenvalue weighted by Crippen LogP contribution is -2.18. The van der Waals surface area contributed by atoms with Crippen LogP contribution in [0.3, 0.4) is 0 Å². The molecule has 0 saturated carbocycles. The Morgan fingerprint density at radius 2 is 2.11 bits per heavy atom. The van der Waals surface area contributed by atoms with E-state index in [-0.39, 0.29) is 12.7 Å². The van der Waals surface area contributed by atoms with Crippen LogP contribution in [-0.2, 0) is 6.42 Å². The fourth-order valence-corrected chi connectivity index (χ4v) is 2.99. The van der Waals surface area contributed by atoms with Crippen LogP contribution in [0.1, 0.15) is 22.1 Å². The first-order valence-electron chi connectivity index (χ1n) is 6.35. The second-order valence-corrected chi connectivity index (χ2v) is 5.34. The van der Waals surface area contributed by atoms with E-state index in [2.05, 4.69) is 18.4 Å². The molecule has 0 aliphatic rings. The lowest BCUT2D eigenvalue weighted by molar-refractivity contribution is 0.213. The van der Waals surface area contributed by atoms with Crippen LogP contribution in [0, 0.1) is 6.92 Å². The Morgan fingerprint density at radius 1 is 1.32 bits per heavy atom. The van der Waals surface area contributed by atoms with Gasteiger partial charge in [0.05, 0.1) is 0 Å². The summed E-state index contributed by atoms with van der Waals surface area (Å²) >= 11 is 1.67. The molecule has 0 amide bonds. The van der Waals surface area contributed by atoms with Crippen LogP contribution in [0.4, 0.5) is 0 Å². The first-order valence-corrected chi connectivity index (χ1v) is 7.23. The zero-order valence-corrected chi connectivity index (χ0v) is 11.8. The average molecular weight is 277 g/mol. The molecule has 0 saturated heterocycles. The van der Waals surface area contributed by atoms with Crippen molar-refractivity contribution < 1.29 is 9.84 Å². The number of para-hydroxylation sites is 1. The smallest absolute Gasteiger partial charge is 0.145 e. The summed E-state index contributed by atoms with van der Waals surface area (Å²) in [5.74, 6) is 0.805. The molecule has 1 aromatic carbocycles. The number of ether oxygens (including phenoxy) is 1. The molecule has 102 valence electrons. The van der Waals surface area contributed by atoms with Crippen LogP contribution in [0.25, 0.3) is 0 Å². The third kappa shape index (κ3) is 3.35. The van der Waals surface area contributed by atoms with Gasteiger partial charge < -0.3 is 15.6 Å². The number of aliphatic hydroxyl groups excluding tert-OH is 1. The molecule has 0 fully saturated rings. The molecule has 0 radical (unpaired) electrons. The number of rotatable bonds is 6. The van der Waals surface area contributed by atoms with Crippen molar-refractivity contribution in [2.45, 2.75) is 19.4 Å². The van der Waals surface area contributed by atoms with Gasteiger partial charge in [0.2, 0.25) is 0 Å². The van der Waals surface area contributed by atoms with E-state index in [4.69, 9.17) is 15.6 Å². The Kier molecular flexibility index (Phi) is 4.96. The van der Waals surface area contributed by atoms with Crippen molar-refractivity contribution in [2.24, 2.45) is 5.73 Å². The predicted octanol–water partition coefficient (Wildman–Crippen LogP) is 2.67. The number of nitrogens with two attached hydrogens (primary N) is 1. The van der Waals surface area contributed by atoms with Gasteiger partial charge in [0, 0.05) is 18.0 Å². The van der Waals surface area contributed by atoms with Crippen LogP contribution in [0.2, 0.25) is 0 Å². The average Bonchev–Trinajstić information content (AvgIpc) is 2.84. The van der Waals surface area contributed by atoms with E-state index in [0.29, 0.717) is 13.0 Å². The highest BCUT2D eigenvalue weighted by molar-refractivity contribution is 7.10. The van der Waals surface area contributed by atoms with Crippen LogP contribution >= 0.6 is 11.3 Å². The molecule has 1 atom stereocenters. The summed E-state index contributed by atoms with van der Waals surface area (Å²) in [7, 11) is 0. The lowest BCUT2D eigenvalue weighted by atomic mass is 10.1. The number of thiophene rings is 1. The van der Waals surface area contributed by atoms with Crippen molar-refractivity contribution in [2.75, 3.05) is 13.2 Å². The Hall–Kier alpha value is -1.36. The van der Waals surface area contributed by atoms with E-state index in [1.54, 1.807) is 11.3 Å². The van der Waals surface area contributed by atoms with E-state index in [1.807, 2.05) is 24.3 Å². The van der Waals surface area contributed by atoms with Gasteiger partial charge in [-0.1, -0.05) is 18.2 Å². The lowest BCUT2D eigenvalue weighted by Gasteiger charge is -2.19. The summed E-state index contributed by atoms with van der Waals surface area (Å²) < 4.78 is 6.05. The van der Waals surface area contributed by atoms with Crippen molar-refractivity contribution >= 4 is 11.3 Å². The topological polar surface area (TPSA) is 55.5 Å². The maximum atomic E-state index is 9.09. The third-order valence-corrected chi connectivity index (χ3v) is 4.14. The van der Waals surface area contributed by atoms with E-state index < -0.39 is 0 Å². The molecule has 2 aromatic rings. The van der Waals surface area contributed by atoms with Gasteiger partial charge in [-0.25, -0.2) is 0 Å². The zero-order chi connectivity index (χ0) is 13.7. The largest absolute Gasteiger partial charge is 0.483 e. The van der Waals surface area contributed by atoms with Gasteiger partial charge in [0.15, 0.2) is 0 Å². The first-order chi connectivity index (χ1) is 9.26. The molecule has 1 heterocycles. The Morgan fingerprint density at radius 3 is 2.74 bits per heavy atom. The molecular weight excluding hydrogens is 258 g/mol. The molecule has 0 bridgehead atoms. The monoisotopic (exact) mass is 277 g/mol. The van der Waals surface area contributed by atoms with Crippen LogP contribution in [-0.4, -0.2) is 18.3 Å². The first kappa shape index (κ1) is 14.1. The number of aliphatic hydroxyl groups is 1. The normalized spacial score (nSPS) is 12.4. The standard InChI is InChI=1S/C15H19NO2S/c1-11-7-9-19-15(11)14(10-16)18-13-5-3-2-4-12(13)6-8-17/h2-5,7,9,14,17H,6,8,10,16H2,1H3. The molecule has 19 heavy (non-hydrogen) atoms. The molecular formula is C15H19NO2S. The predicted molar refractivity (Wildman–Crippen MR) is 78.7 cm³/mol. The van der Waals surface area contributed by atoms with E-state index >= 15 is 0 Å². The van der Waals surface area contributed by atoms with Crippen LogP contribution in [0.15, 0.2) is 35.7 Å². The molecule has 0 aliphatic carbocycles. The minimum atomic E-state index is -0.125. The fourth-order valence-electron chi connectivity index (χ4n) is 2.02. The van der Waals surface area contributed by atoms with Gasteiger partial charge in [-0.2, -0.15) is 0 Å². The highest BCUT2D eigenvalue weighted by atomic mass is 32.1. The Balaban J connectivity index is 2.21. The van der Waals surface area contributed by atoms with Crippen molar-refractivity contribution in [1.29, 1.82) is 0 Å². The van der Waals surface area contributed by atoms with Gasteiger partial charge in [-0.3, -0.25) is 0 Å². The summed E-state index contributed by atoms with van der Waals surface area (Å²) in [5, 5.41) is 11.1. The highest BCUT2D eigenvalue weighted by Crippen LogP contribution is 2.29. The highest BCUT2D eigenvalue weighted by Gasteiger charge is 2.16. The Labute approximate surface area is 117 Å². The molecule has 3 N–H and O–H groups in total. The molecule has 1 unspecified atom stereocenters. The second-order valence-electron chi connectivity index (χ2n) is 4.39. The van der Waals surface area contributed by atoms with Crippen molar-refractivity contribution in [1.82, 2.24) is 0 Å². The Bertz CT molecular complexity index is 524. The molecule has 2 rings (SSSR count). The van der Waals surface area contributed by atoms with Crippen LogP contribution < -0.4 is 10.5 Å². The van der Waals surface area contributed by atoms with Gasteiger partial charge in [0.1, 0.15) is 11.9 Å². The summed E-state index contributed by atoms with van der Waals surface area (Å²) in [4.78, 5) is 1.17. The molecule has 3 nitrogen and oxygen atoms in total. The summed E-state index contributed by atoms with van der Waals surface area (Å²) in [5.41, 5.74) is 8.06. The summed E-state index contributed by atoms with van der Waals surface area (Å²) in [6.45, 7) is 2.62. The third-order valence-electron chi connectivity index (χ3n) is 3.03. The summed E-state index contributed by atoms with van der Waals surface area (Å²) in [6, 6.07) is 9.86. The van der Waals surface area contributed by atoms with Crippen molar-refractivity contribution in [3.63, 3.8) is 0 Å². The minimum Gasteiger partial charge on any atom is -0.483 e. The van der Waals surface area contributed by atoms with Crippen molar-refractivity contribution in [3.05, 3.63) is 51.7 Å². The van der Waals surface area contributed by atoms with Gasteiger partial charge in [-0.15, -0.1) is 11.3 Å². The SMILES string of the molecule is Cc1ccsc1C(CN)Oc1ccccc1CCO. The second kappa shape index (κ2) is 6.70. The molecule has 0 spiro atoms. The van der Waals surface area contributed by atoms with E-state index in [1.165, 1.54) is 10.4 Å². The molecule has 0 aliphatic heterocycles. The number of hydrogen-bond donors (Lipinski definition) is 2. The van der Waals surface area contributed by atoms with Gasteiger partial charge in [-0.05, 0) is 42.0 Å². The van der Waals surface area contributed by atoms with Crippen LogP contribution in [0.5, 0.6) is 5.75 Å². The summed E-state index contributed by atoms with van der Waals surface area (Å²) in [6.07, 6.45) is 0.469. The van der Waals surface area contributed by atoms with E-state index in [9.17, 15) is 0 Å². The van der Waals surface area contributed by atoms with Gasteiger partial charge >= 0.3 is 0 Å². The van der Waals surface area contributed by atoms with Crippen molar-refractivity contribution in [3.8, 4) is 5.75 Å². The van der Waals surface area contributed by atoms with Gasteiger partial charge in [0.25, 0.3) is 0 Å². The molecule has 1 aromatic heterocycles. The van der Waals surface area contributed by atoms with E-state index in [0.717, 1.165) is 11.3 Å². The number of aryl methyl sites for hydroxylation is 1. The zero-order valence-electron chi connectivity index (χ0n) is 11.0. The maximum absolute atomic E-state index is 9.09. The number of benzene rings is 1. The fraction of sp³-hybridized carbons (Fsp3) is 0.333. The number of hydrogen-bond acceptors (Lipinski definition) is 4.